The van der Waals surface area contributed by atoms with E-state index in [2.05, 4.69) is 25.7 Å². The number of ether oxygens (including phenoxy) is 1. The highest BCUT2D eigenvalue weighted by atomic mass is 16.5. The maximum Gasteiger partial charge on any atom is 0.0625 e. The molecule has 0 bridgehead atoms. The van der Waals surface area contributed by atoms with Crippen LogP contribution in [0.15, 0.2) is 0 Å². The van der Waals surface area contributed by atoms with Crippen LogP contribution in [0.1, 0.15) is 27.2 Å². The van der Waals surface area contributed by atoms with Crippen molar-refractivity contribution in [2.24, 2.45) is 0 Å². The SMILES string of the molecule is CCN1CC[C@@H]1COC(C)C. The Bertz CT molecular complexity index is 112. The van der Waals surface area contributed by atoms with Crippen molar-refractivity contribution in [3.63, 3.8) is 0 Å². The summed E-state index contributed by atoms with van der Waals surface area (Å²) in [5.74, 6) is 0. The minimum atomic E-state index is 0.384. The molecule has 1 aliphatic rings. The Morgan fingerprint density at radius 2 is 2.27 bits per heavy atom. The zero-order chi connectivity index (χ0) is 8.27. The number of nitrogens with zero attached hydrogens (tertiary/aromatic N) is 1. The van der Waals surface area contributed by atoms with Crippen molar-refractivity contribution in [3.05, 3.63) is 0 Å². The van der Waals surface area contributed by atoms with E-state index in [0.29, 0.717) is 12.1 Å². The monoisotopic (exact) mass is 157 g/mol. The first kappa shape index (κ1) is 9.01. The first-order valence-electron chi connectivity index (χ1n) is 4.59. The summed E-state index contributed by atoms with van der Waals surface area (Å²) in [4.78, 5) is 2.46. The van der Waals surface area contributed by atoms with Gasteiger partial charge in [0.25, 0.3) is 0 Å². The minimum Gasteiger partial charge on any atom is -0.377 e. The van der Waals surface area contributed by atoms with Crippen LogP contribution in [-0.4, -0.2) is 36.7 Å². The molecular weight excluding hydrogens is 138 g/mol. The third-order valence-electron chi connectivity index (χ3n) is 2.29. The van der Waals surface area contributed by atoms with E-state index in [9.17, 15) is 0 Å². The van der Waals surface area contributed by atoms with Gasteiger partial charge in [-0.05, 0) is 26.8 Å². The third-order valence-corrected chi connectivity index (χ3v) is 2.29. The highest BCUT2D eigenvalue weighted by Crippen LogP contribution is 2.16. The van der Waals surface area contributed by atoms with E-state index in [4.69, 9.17) is 4.74 Å². The highest BCUT2D eigenvalue weighted by molar-refractivity contribution is 4.81. The van der Waals surface area contributed by atoms with Crippen molar-refractivity contribution in [2.45, 2.75) is 39.3 Å². The topological polar surface area (TPSA) is 12.5 Å². The first-order valence-corrected chi connectivity index (χ1v) is 4.59. The molecule has 0 aromatic carbocycles. The Hall–Kier alpha value is -0.0800. The molecule has 0 aromatic heterocycles. The van der Waals surface area contributed by atoms with E-state index < -0.39 is 0 Å². The quantitative estimate of drug-likeness (QED) is 0.613. The van der Waals surface area contributed by atoms with Crippen molar-refractivity contribution in [3.8, 4) is 0 Å². The molecular formula is C9H19NO. The van der Waals surface area contributed by atoms with Crippen LogP contribution in [-0.2, 0) is 4.74 Å². The summed E-state index contributed by atoms with van der Waals surface area (Å²) in [5, 5.41) is 0. The molecule has 2 heteroatoms. The third kappa shape index (κ3) is 2.46. The summed E-state index contributed by atoms with van der Waals surface area (Å²) in [5.41, 5.74) is 0. The summed E-state index contributed by atoms with van der Waals surface area (Å²) in [7, 11) is 0. The van der Waals surface area contributed by atoms with E-state index in [1.165, 1.54) is 19.5 Å². The van der Waals surface area contributed by atoms with Crippen LogP contribution >= 0.6 is 0 Å². The van der Waals surface area contributed by atoms with Gasteiger partial charge in [-0.15, -0.1) is 0 Å². The lowest BCUT2D eigenvalue weighted by molar-refractivity contribution is -0.0145. The summed E-state index contributed by atoms with van der Waals surface area (Å²) in [6.45, 7) is 9.76. The predicted molar refractivity (Wildman–Crippen MR) is 46.7 cm³/mol. The maximum atomic E-state index is 5.54. The van der Waals surface area contributed by atoms with Crippen LogP contribution in [0.3, 0.4) is 0 Å². The van der Waals surface area contributed by atoms with Crippen molar-refractivity contribution in [1.82, 2.24) is 4.90 Å². The lowest BCUT2D eigenvalue weighted by atomic mass is 10.0. The molecule has 0 radical (unpaired) electrons. The van der Waals surface area contributed by atoms with Gasteiger partial charge in [-0.2, -0.15) is 0 Å². The maximum absolute atomic E-state index is 5.54. The Labute approximate surface area is 69.5 Å². The van der Waals surface area contributed by atoms with Gasteiger partial charge in [0.2, 0.25) is 0 Å². The molecule has 0 aromatic rings. The Morgan fingerprint density at radius 3 is 2.64 bits per heavy atom. The molecule has 1 atom stereocenters. The standard InChI is InChI=1S/C9H19NO/c1-4-10-6-5-9(10)7-11-8(2)3/h8-9H,4-7H2,1-3H3/t9-/m1/s1. The fourth-order valence-corrected chi connectivity index (χ4v) is 1.40. The largest absolute Gasteiger partial charge is 0.377 e. The van der Waals surface area contributed by atoms with Gasteiger partial charge in [0.1, 0.15) is 0 Å². The van der Waals surface area contributed by atoms with E-state index in [1.807, 2.05) is 0 Å². The number of rotatable bonds is 4. The van der Waals surface area contributed by atoms with Crippen LogP contribution < -0.4 is 0 Å². The summed E-state index contributed by atoms with van der Waals surface area (Å²) < 4.78 is 5.54. The van der Waals surface area contributed by atoms with E-state index in [-0.39, 0.29) is 0 Å². The Morgan fingerprint density at radius 1 is 1.55 bits per heavy atom. The highest BCUT2D eigenvalue weighted by Gasteiger charge is 2.26. The Balaban J connectivity index is 2.07. The lowest BCUT2D eigenvalue weighted by Crippen LogP contribution is -2.50. The molecule has 0 saturated carbocycles. The second kappa shape index (κ2) is 4.07. The number of likely N-dealkylation sites (tertiary alicyclic amines) is 1. The second-order valence-electron chi connectivity index (χ2n) is 3.45. The summed E-state index contributed by atoms with van der Waals surface area (Å²) >= 11 is 0. The van der Waals surface area contributed by atoms with Crippen molar-refractivity contribution < 1.29 is 4.74 Å². The van der Waals surface area contributed by atoms with Crippen LogP contribution in [0.2, 0.25) is 0 Å². The van der Waals surface area contributed by atoms with Gasteiger partial charge in [0, 0.05) is 12.6 Å². The van der Waals surface area contributed by atoms with Gasteiger partial charge in [-0.25, -0.2) is 0 Å². The fraction of sp³-hybridized carbons (Fsp3) is 1.00. The van der Waals surface area contributed by atoms with Gasteiger partial charge >= 0.3 is 0 Å². The zero-order valence-electron chi connectivity index (χ0n) is 7.84. The molecule has 2 nitrogen and oxygen atoms in total. The molecule has 0 N–H and O–H groups in total. The van der Waals surface area contributed by atoms with Gasteiger partial charge in [0.15, 0.2) is 0 Å². The molecule has 66 valence electrons. The molecule has 0 amide bonds. The first-order chi connectivity index (χ1) is 5.24. The smallest absolute Gasteiger partial charge is 0.0625 e. The average molecular weight is 157 g/mol. The average Bonchev–Trinajstić information content (AvgIpc) is 1.86. The van der Waals surface area contributed by atoms with Gasteiger partial charge in [0.05, 0.1) is 12.7 Å². The van der Waals surface area contributed by atoms with Crippen molar-refractivity contribution in [2.75, 3.05) is 19.7 Å². The molecule has 1 aliphatic heterocycles. The van der Waals surface area contributed by atoms with E-state index in [1.54, 1.807) is 0 Å². The molecule has 0 unspecified atom stereocenters. The number of hydrogen-bond acceptors (Lipinski definition) is 2. The van der Waals surface area contributed by atoms with Gasteiger partial charge in [-0.1, -0.05) is 6.92 Å². The molecule has 1 saturated heterocycles. The zero-order valence-corrected chi connectivity index (χ0v) is 7.84. The molecule has 11 heavy (non-hydrogen) atoms. The second-order valence-corrected chi connectivity index (χ2v) is 3.45. The lowest BCUT2D eigenvalue weighted by Gasteiger charge is -2.40. The van der Waals surface area contributed by atoms with Crippen LogP contribution in [0.4, 0.5) is 0 Å². The van der Waals surface area contributed by atoms with Gasteiger partial charge in [-0.3, -0.25) is 4.90 Å². The minimum absolute atomic E-state index is 0.384. The number of hydrogen-bond donors (Lipinski definition) is 0. The molecule has 0 spiro atoms. The van der Waals surface area contributed by atoms with Crippen LogP contribution in [0, 0.1) is 0 Å². The molecule has 1 heterocycles. The summed E-state index contributed by atoms with van der Waals surface area (Å²) in [6, 6.07) is 0.711. The summed E-state index contributed by atoms with van der Waals surface area (Å²) in [6.07, 6.45) is 1.70. The number of likely N-dealkylation sites (N-methyl/N-ethyl adjacent to an activating group) is 1. The van der Waals surface area contributed by atoms with Crippen molar-refractivity contribution >= 4 is 0 Å². The molecule has 1 fully saturated rings. The van der Waals surface area contributed by atoms with Crippen LogP contribution in [0.25, 0.3) is 0 Å². The fourth-order valence-electron chi connectivity index (χ4n) is 1.40. The molecule has 1 rings (SSSR count). The van der Waals surface area contributed by atoms with Crippen LogP contribution in [0.5, 0.6) is 0 Å². The normalized spacial score (nSPS) is 25.6. The predicted octanol–water partition coefficient (Wildman–Crippen LogP) is 1.51. The van der Waals surface area contributed by atoms with E-state index in [0.717, 1.165) is 6.61 Å². The van der Waals surface area contributed by atoms with E-state index >= 15 is 0 Å². The molecule has 0 aliphatic carbocycles. The van der Waals surface area contributed by atoms with Gasteiger partial charge < -0.3 is 4.74 Å². The van der Waals surface area contributed by atoms with Crippen molar-refractivity contribution in [1.29, 1.82) is 0 Å². The Kier molecular flexibility index (Phi) is 3.34.